The molecule has 0 amide bonds. The number of ether oxygens (including phenoxy) is 9. The predicted molar refractivity (Wildman–Crippen MR) is 280 cm³/mol. The molecule has 0 aromatic heterocycles. The van der Waals surface area contributed by atoms with Crippen LogP contribution in [-0.4, -0.2) is 257 Å². The second-order valence-corrected chi connectivity index (χ2v) is 26.9. The lowest BCUT2D eigenvalue weighted by atomic mass is 9.33. The normalized spacial score (nSPS) is 52.7. The summed E-state index contributed by atoms with van der Waals surface area (Å²) in [4.78, 5) is 26.3. The highest BCUT2D eigenvalue weighted by Crippen LogP contribution is 2.76. The molecule has 26 nitrogen and oxygen atoms in total. The number of carboxylic acids is 1. The Kier molecular flexibility index (Phi) is 18.6. The largest absolute Gasteiger partial charge is 0.479 e. The van der Waals surface area contributed by atoms with Crippen molar-refractivity contribution in [2.75, 3.05) is 33.0 Å². The summed E-state index contributed by atoms with van der Waals surface area (Å²) in [5, 5.41) is 167. The van der Waals surface area contributed by atoms with E-state index >= 15 is 0 Å². The molecule has 8 fully saturated rings. The van der Waals surface area contributed by atoms with Gasteiger partial charge in [0, 0.05) is 16.4 Å². The van der Waals surface area contributed by atoms with Crippen LogP contribution in [0.5, 0.6) is 0 Å². The Labute approximate surface area is 481 Å². The van der Waals surface area contributed by atoms with Gasteiger partial charge >= 0.3 is 11.9 Å². The van der Waals surface area contributed by atoms with Crippen LogP contribution in [0.3, 0.4) is 0 Å². The van der Waals surface area contributed by atoms with Crippen molar-refractivity contribution in [3.05, 3.63) is 23.3 Å². The third-order valence-electron chi connectivity index (χ3n) is 22.1. The molecule has 0 unspecified atom stereocenters. The average Bonchev–Trinajstić information content (AvgIpc) is 0.730. The van der Waals surface area contributed by atoms with Crippen LogP contribution in [0.4, 0.5) is 0 Å². The topological polar surface area (TPSA) is 421 Å². The molecule has 9 rings (SSSR count). The summed E-state index contributed by atoms with van der Waals surface area (Å²) >= 11 is 0. The number of esters is 1. The van der Waals surface area contributed by atoms with Crippen molar-refractivity contribution in [3.63, 3.8) is 0 Å². The minimum absolute atomic E-state index is 0.0901. The van der Waals surface area contributed by atoms with Gasteiger partial charge in [-0.1, -0.05) is 59.3 Å². The summed E-state index contributed by atoms with van der Waals surface area (Å²) in [5.41, 5.74) is -3.80. The molecule has 0 aromatic carbocycles. The molecule has 0 aromatic rings. The van der Waals surface area contributed by atoms with Gasteiger partial charge in [-0.2, -0.15) is 0 Å². The Morgan fingerprint density at radius 2 is 1.29 bits per heavy atom. The molecule has 474 valence electrons. The van der Waals surface area contributed by atoms with E-state index in [0.717, 1.165) is 5.57 Å². The highest BCUT2D eigenvalue weighted by molar-refractivity contribution is 5.87. The van der Waals surface area contributed by atoms with E-state index in [1.807, 2.05) is 20.8 Å². The lowest BCUT2D eigenvalue weighted by Crippen LogP contribution is -2.72. The Balaban J connectivity index is 1.04. The number of aliphatic hydroxyl groups excluding tert-OH is 14. The van der Waals surface area contributed by atoms with Gasteiger partial charge in [-0.3, -0.25) is 0 Å². The maximum atomic E-state index is 13.2. The molecule has 83 heavy (non-hydrogen) atoms. The van der Waals surface area contributed by atoms with Crippen LogP contribution in [0, 0.1) is 50.2 Å². The van der Waals surface area contributed by atoms with E-state index < -0.39 is 218 Å². The molecule has 4 saturated heterocycles. The SMILES string of the molecule is C/C=C(/C)C(=O)O[C@H]1[C@H](O)[C@]2(CO)[C@H](O)C[C@]3(C)C(=CC[C@@H]4[C@@]5(C)CC[C@H](O[C@@H]6O[C@H](C(=O)O)[C@@H](O)[C@H](O[C@@H]7OC[C@H](O)[C@H](O)[C@H]7O[C@@H]7OC[C@@H](O)[C@H](O)[C@H]7O)[C@H]6O[C@@H]6O[C@H](CO)[C@H](O)[C@H](O)[C@H]6O)[C@@](C)(CO)[C@H]5CC[C@]43C)[C@H]2CC1(C)C. The fourth-order valence-electron chi connectivity index (χ4n) is 16.8. The number of rotatable bonds is 14. The molecule has 15 N–H and O–H groups in total. The third-order valence-corrected chi connectivity index (χ3v) is 22.1. The molecule has 4 saturated carbocycles. The van der Waals surface area contributed by atoms with Crippen LogP contribution in [0.25, 0.3) is 0 Å². The maximum absolute atomic E-state index is 13.2. The van der Waals surface area contributed by atoms with E-state index in [4.69, 9.17) is 42.6 Å². The number of aliphatic carboxylic acids is 1. The Hall–Kier alpha value is -2.46. The predicted octanol–water partition coefficient (Wildman–Crippen LogP) is -2.79. The number of allylic oxidation sites excluding steroid dienone is 3. The van der Waals surface area contributed by atoms with Crippen LogP contribution in [-0.2, 0) is 52.2 Å². The number of carbonyl (C=O) groups excluding carboxylic acids is 1. The van der Waals surface area contributed by atoms with Crippen molar-refractivity contribution >= 4 is 11.9 Å². The first kappa shape index (κ1) is 65.0. The van der Waals surface area contributed by atoms with Gasteiger partial charge in [0.25, 0.3) is 0 Å². The highest BCUT2D eigenvalue weighted by atomic mass is 16.8. The van der Waals surface area contributed by atoms with Crippen molar-refractivity contribution < 1.29 is 129 Å². The lowest BCUT2D eigenvalue weighted by Gasteiger charge is -2.72. The summed E-state index contributed by atoms with van der Waals surface area (Å²) in [6.45, 7) is 12.5. The first-order valence-electron chi connectivity index (χ1n) is 29.1. The second-order valence-electron chi connectivity index (χ2n) is 26.9. The zero-order valence-electron chi connectivity index (χ0n) is 48.3. The van der Waals surface area contributed by atoms with E-state index in [0.29, 0.717) is 37.7 Å². The van der Waals surface area contributed by atoms with Gasteiger partial charge < -0.3 is 119 Å². The lowest BCUT2D eigenvalue weighted by molar-refractivity contribution is -0.400. The van der Waals surface area contributed by atoms with Gasteiger partial charge in [0.05, 0.1) is 50.7 Å². The van der Waals surface area contributed by atoms with Crippen LogP contribution in [0.15, 0.2) is 23.3 Å². The van der Waals surface area contributed by atoms with E-state index in [-0.39, 0.29) is 24.7 Å². The Morgan fingerprint density at radius 1 is 0.663 bits per heavy atom. The quantitative estimate of drug-likeness (QED) is 0.0362. The molecule has 4 heterocycles. The van der Waals surface area contributed by atoms with E-state index in [1.54, 1.807) is 19.9 Å². The van der Waals surface area contributed by atoms with Gasteiger partial charge in [-0.05, 0) is 92.8 Å². The Morgan fingerprint density at radius 3 is 1.92 bits per heavy atom. The zero-order valence-corrected chi connectivity index (χ0v) is 48.3. The highest BCUT2D eigenvalue weighted by Gasteiger charge is 2.73. The van der Waals surface area contributed by atoms with Gasteiger partial charge in [0.1, 0.15) is 91.6 Å². The van der Waals surface area contributed by atoms with Crippen molar-refractivity contribution in [2.24, 2.45) is 50.2 Å². The number of fused-ring (bicyclic) bond motifs is 7. The number of aliphatic hydroxyl groups is 14. The van der Waals surface area contributed by atoms with Gasteiger partial charge in [0.15, 0.2) is 31.3 Å². The smallest absolute Gasteiger partial charge is 0.335 e. The van der Waals surface area contributed by atoms with Crippen LogP contribution >= 0.6 is 0 Å². The standard InChI is InChI=1S/C57H90O26/c1-9-23(2)47(74)83-45-44(71)57(22-60)25(16-52(45,3)4)24-10-11-30-53(5)14-13-32(54(6,21-59)29(53)12-15-55(30,7)56(24,8)17-31(57)63)78-51-43(82-49-38(69)36(67)35(66)28(18-58)77-49)40(39(70)41(80-51)46(72)73)79-50-42(34(65)27(62)20-76-50)81-48-37(68)33(64)26(61)19-75-48/h9-10,25-45,48-51,58-71H,11-22H2,1-8H3,(H,72,73)/b23-9-/t25-,26-,27+,28-,29+,30-,31-,32+,33+,34+,35+,36+,37-,38-,39+,40+,41+,42-,43-,44+,45+,48+,49+,50+,51-,53+,54+,55-,56-,57+/m1/s1. The maximum Gasteiger partial charge on any atom is 0.335 e. The van der Waals surface area contributed by atoms with Crippen LogP contribution in [0.1, 0.15) is 100 Å². The molecule has 4 aliphatic heterocycles. The van der Waals surface area contributed by atoms with Crippen LogP contribution < -0.4 is 0 Å². The number of hydrogen-bond acceptors (Lipinski definition) is 25. The van der Waals surface area contributed by atoms with Crippen molar-refractivity contribution in [3.8, 4) is 0 Å². The van der Waals surface area contributed by atoms with E-state index in [9.17, 15) is 86.2 Å². The van der Waals surface area contributed by atoms with Crippen molar-refractivity contribution in [1.29, 1.82) is 0 Å². The molecule has 0 bridgehead atoms. The number of carbonyl (C=O) groups is 2. The first-order chi connectivity index (χ1) is 38.9. The Bertz CT molecular complexity index is 2390. The van der Waals surface area contributed by atoms with Gasteiger partial charge in [-0.25, -0.2) is 9.59 Å². The molecule has 0 radical (unpaired) electrons. The van der Waals surface area contributed by atoms with Crippen molar-refractivity contribution in [1.82, 2.24) is 0 Å². The summed E-state index contributed by atoms with van der Waals surface area (Å²) < 4.78 is 54.3. The average molecular weight is 1190 g/mol. The number of hydrogen-bond donors (Lipinski definition) is 15. The van der Waals surface area contributed by atoms with Crippen LogP contribution in [0.2, 0.25) is 0 Å². The second kappa shape index (κ2) is 23.8. The molecular formula is C57H90O26. The zero-order chi connectivity index (χ0) is 61.0. The molecule has 5 aliphatic carbocycles. The fraction of sp³-hybridized carbons (Fsp3) is 0.895. The van der Waals surface area contributed by atoms with Crippen molar-refractivity contribution in [2.45, 2.75) is 235 Å². The number of carboxylic acid groups (broad SMARTS) is 1. The van der Waals surface area contributed by atoms with Gasteiger partial charge in [0.2, 0.25) is 0 Å². The molecule has 9 aliphatic rings. The van der Waals surface area contributed by atoms with Gasteiger partial charge in [-0.15, -0.1) is 0 Å². The third kappa shape index (κ3) is 10.5. The van der Waals surface area contributed by atoms with E-state index in [2.05, 4.69) is 26.8 Å². The summed E-state index contributed by atoms with van der Waals surface area (Å²) in [6.07, 6.45) is -32.2. The van der Waals surface area contributed by atoms with E-state index in [1.165, 1.54) is 0 Å². The fourth-order valence-corrected chi connectivity index (χ4v) is 16.8. The summed E-state index contributed by atoms with van der Waals surface area (Å²) in [7, 11) is 0. The molecule has 30 atom stereocenters. The summed E-state index contributed by atoms with van der Waals surface area (Å²) in [6, 6.07) is 0. The molecule has 26 heteroatoms. The monoisotopic (exact) mass is 1190 g/mol. The first-order valence-corrected chi connectivity index (χ1v) is 29.1. The summed E-state index contributed by atoms with van der Waals surface area (Å²) in [5.74, 6) is -3.24. The minimum atomic E-state index is -2.25. The minimum Gasteiger partial charge on any atom is -0.479 e. The molecule has 0 spiro atoms. The molecular weight excluding hydrogens is 1100 g/mol.